The van der Waals surface area contributed by atoms with Gasteiger partial charge in [0.2, 0.25) is 0 Å². The molecule has 1 aromatic carbocycles. The number of nitrogens with zero attached hydrogens (tertiary/aromatic N) is 2. The third-order valence-corrected chi connectivity index (χ3v) is 4.08. The second-order valence-corrected chi connectivity index (χ2v) is 5.58. The fraction of sp³-hybridized carbons (Fsp3) is 0.571. The minimum atomic E-state index is 0.528. The van der Waals surface area contributed by atoms with Crippen LogP contribution in [0.5, 0.6) is 0 Å². The normalized spacial score (nSPS) is 16.2. The number of alkyl halides is 1. The maximum Gasteiger partial charge on any atom is 0.0494 e. The van der Waals surface area contributed by atoms with Crippen LogP contribution < -0.4 is 4.90 Å². The van der Waals surface area contributed by atoms with Crippen molar-refractivity contribution >= 4 is 28.9 Å². The molecule has 1 heterocycles. The summed E-state index contributed by atoms with van der Waals surface area (Å²) in [5.41, 5.74) is 2.29. The summed E-state index contributed by atoms with van der Waals surface area (Å²) in [6.07, 6.45) is 2.68. The van der Waals surface area contributed by atoms with Crippen molar-refractivity contribution in [1.29, 1.82) is 0 Å². The Morgan fingerprint density at radius 3 is 2.67 bits per heavy atom. The van der Waals surface area contributed by atoms with Crippen LogP contribution in [0.4, 0.5) is 5.69 Å². The first kappa shape index (κ1) is 14.0. The van der Waals surface area contributed by atoms with Crippen molar-refractivity contribution in [3.05, 3.63) is 28.8 Å². The van der Waals surface area contributed by atoms with E-state index in [1.807, 2.05) is 18.2 Å². The molecular formula is C14H20Cl2N2. The van der Waals surface area contributed by atoms with Crippen LogP contribution in [-0.4, -0.2) is 38.1 Å². The largest absolute Gasteiger partial charge is 0.373 e. The quantitative estimate of drug-likeness (QED) is 0.763. The van der Waals surface area contributed by atoms with Crippen LogP contribution in [-0.2, 0) is 5.88 Å². The van der Waals surface area contributed by atoms with Crippen molar-refractivity contribution in [3.63, 3.8) is 0 Å². The van der Waals surface area contributed by atoms with Gasteiger partial charge < -0.3 is 9.80 Å². The van der Waals surface area contributed by atoms with E-state index in [1.54, 1.807) is 0 Å². The Bertz CT molecular complexity index is 389. The first-order chi connectivity index (χ1) is 8.70. The first-order valence-electron chi connectivity index (χ1n) is 6.48. The van der Waals surface area contributed by atoms with Crippen molar-refractivity contribution in [2.24, 2.45) is 0 Å². The van der Waals surface area contributed by atoms with E-state index in [0.717, 1.165) is 29.4 Å². The summed E-state index contributed by atoms with van der Waals surface area (Å²) >= 11 is 12.0. The molecule has 100 valence electrons. The smallest absolute Gasteiger partial charge is 0.0494 e. The molecule has 0 radical (unpaired) electrons. The lowest BCUT2D eigenvalue weighted by molar-refractivity contribution is 0.346. The minimum absolute atomic E-state index is 0.528. The number of anilines is 1. The second-order valence-electron chi connectivity index (χ2n) is 4.88. The Balaban J connectivity index is 1.98. The Hall–Kier alpha value is -0.440. The lowest BCUT2D eigenvalue weighted by atomic mass is 10.2. The molecule has 1 saturated heterocycles. The van der Waals surface area contributed by atoms with E-state index in [0.29, 0.717) is 5.88 Å². The van der Waals surface area contributed by atoms with Gasteiger partial charge in [-0.1, -0.05) is 17.7 Å². The number of halogens is 2. The van der Waals surface area contributed by atoms with E-state index in [1.165, 1.54) is 25.9 Å². The van der Waals surface area contributed by atoms with Gasteiger partial charge in [0.05, 0.1) is 0 Å². The van der Waals surface area contributed by atoms with Crippen LogP contribution in [0.3, 0.4) is 0 Å². The lowest BCUT2D eigenvalue weighted by Gasteiger charge is -2.25. The SMILES string of the molecule is CN(CCN1CCCC1)c1cc(Cl)ccc1CCl. The molecule has 1 aromatic rings. The molecule has 0 saturated carbocycles. The van der Waals surface area contributed by atoms with Gasteiger partial charge in [-0.05, 0) is 43.6 Å². The molecule has 0 bridgehead atoms. The zero-order valence-electron chi connectivity index (χ0n) is 10.8. The van der Waals surface area contributed by atoms with Crippen LogP contribution in [0.2, 0.25) is 5.02 Å². The Labute approximate surface area is 119 Å². The van der Waals surface area contributed by atoms with E-state index in [2.05, 4.69) is 16.8 Å². The summed E-state index contributed by atoms with van der Waals surface area (Å²) in [5.74, 6) is 0.528. The third-order valence-electron chi connectivity index (χ3n) is 3.55. The maximum absolute atomic E-state index is 6.06. The number of hydrogen-bond donors (Lipinski definition) is 0. The Morgan fingerprint density at radius 2 is 2.00 bits per heavy atom. The molecule has 0 N–H and O–H groups in total. The van der Waals surface area contributed by atoms with Crippen molar-refractivity contribution in [2.45, 2.75) is 18.7 Å². The highest BCUT2D eigenvalue weighted by Crippen LogP contribution is 2.25. The van der Waals surface area contributed by atoms with Crippen molar-refractivity contribution < 1.29 is 0 Å². The monoisotopic (exact) mass is 286 g/mol. The van der Waals surface area contributed by atoms with E-state index in [-0.39, 0.29) is 0 Å². The molecule has 1 aliphatic rings. The molecule has 0 atom stereocenters. The summed E-state index contributed by atoms with van der Waals surface area (Å²) in [4.78, 5) is 4.77. The topological polar surface area (TPSA) is 6.48 Å². The highest BCUT2D eigenvalue weighted by molar-refractivity contribution is 6.31. The summed E-state index contributed by atoms with van der Waals surface area (Å²) in [6, 6.07) is 5.91. The minimum Gasteiger partial charge on any atom is -0.373 e. The summed E-state index contributed by atoms with van der Waals surface area (Å²) in [7, 11) is 2.11. The van der Waals surface area contributed by atoms with E-state index < -0.39 is 0 Å². The van der Waals surface area contributed by atoms with Gasteiger partial charge in [0.1, 0.15) is 0 Å². The zero-order chi connectivity index (χ0) is 13.0. The van der Waals surface area contributed by atoms with Gasteiger partial charge >= 0.3 is 0 Å². The molecular weight excluding hydrogens is 267 g/mol. The van der Waals surface area contributed by atoms with Crippen LogP contribution >= 0.6 is 23.2 Å². The lowest BCUT2D eigenvalue weighted by Crippen LogP contribution is -2.31. The Morgan fingerprint density at radius 1 is 1.28 bits per heavy atom. The average molecular weight is 287 g/mol. The summed E-state index contributed by atoms with van der Waals surface area (Å²) < 4.78 is 0. The van der Waals surface area contributed by atoms with Crippen LogP contribution in [0.1, 0.15) is 18.4 Å². The third kappa shape index (κ3) is 3.53. The molecule has 2 nitrogen and oxygen atoms in total. The molecule has 0 unspecified atom stereocenters. The zero-order valence-corrected chi connectivity index (χ0v) is 12.3. The number of likely N-dealkylation sites (tertiary alicyclic amines) is 1. The van der Waals surface area contributed by atoms with Gasteiger partial charge in [-0.3, -0.25) is 0 Å². The van der Waals surface area contributed by atoms with Crippen molar-refractivity contribution in [2.75, 3.05) is 38.1 Å². The van der Waals surface area contributed by atoms with Gasteiger partial charge in [-0.15, -0.1) is 11.6 Å². The molecule has 4 heteroatoms. The van der Waals surface area contributed by atoms with Gasteiger partial charge in [0.25, 0.3) is 0 Å². The fourth-order valence-corrected chi connectivity index (χ4v) is 2.82. The highest BCUT2D eigenvalue weighted by atomic mass is 35.5. The average Bonchev–Trinajstić information content (AvgIpc) is 2.89. The van der Waals surface area contributed by atoms with Gasteiger partial charge in [-0.2, -0.15) is 0 Å². The van der Waals surface area contributed by atoms with Crippen molar-refractivity contribution in [3.8, 4) is 0 Å². The number of hydrogen-bond acceptors (Lipinski definition) is 2. The molecule has 18 heavy (non-hydrogen) atoms. The molecule has 0 aromatic heterocycles. The first-order valence-corrected chi connectivity index (χ1v) is 7.40. The van der Waals surface area contributed by atoms with Gasteiger partial charge in [0.15, 0.2) is 0 Å². The number of benzene rings is 1. The van der Waals surface area contributed by atoms with E-state index in [9.17, 15) is 0 Å². The highest BCUT2D eigenvalue weighted by Gasteiger charge is 2.13. The van der Waals surface area contributed by atoms with Crippen molar-refractivity contribution in [1.82, 2.24) is 4.90 Å². The van der Waals surface area contributed by atoms with E-state index in [4.69, 9.17) is 23.2 Å². The van der Waals surface area contributed by atoms with Crippen LogP contribution in [0, 0.1) is 0 Å². The second kappa shape index (κ2) is 6.65. The molecule has 1 aliphatic heterocycles. The molecule has 0 amide bonds. The maximum atomic E-state index is 6.06. The Kier molecular flexibility index (Phi) is 5.16. The van der Waals surface area contributed by atoms with Crippen LogP contribution in [0.15, 0.2) is 18.2 Å². The molecule has 2 rings (SSSR count). The molecule has 0 spiro atoms. The number of likely N-dealkylation sites (N-methyl/N-ethyl adjacent to an activating group) is 1. The van der Waals surface area contributed by atoms with Gasteiger partial charge in [-0.25, -0.2) is 0 Å². The molecule has 1 fully saturated rings. The number of rotatable bonds is 5. The fourth-order valence-electron chi connectivity index (χ4n) is 2.42. The standard InChI is InChI=1S/C14H20Cl2N2/c1-17(8-9-18-6-2-3-7-18)14-10-13(16)5-4-12(14)11-15/h4-5,10H,2-3,6-9,11H2,1H3. The predicted molar refractivity (Wildman–Crippen MR) is 80.0 cm³/mol. The summed E-state index contributed by atoms with van der Waals surface area (Å²) in [6.45, 7) is 4.62. The summed E-state index contributed by atoms with van der Waals surface area (Å²) in [5, 5.41) is 0.770. The van der Waals surface area contributed by atoms with E-state index >= 15 is 0 Å². The molecule has 0 aliphatic carbocycles. The van der Waals surface area contributed by atoms with Crippen LogP contribution in [0.25, 0.3) is 0 Å². The predicted octanol–water partition coefficient (Wildman–Crippen LogP) is 3.61. The van der Waals surface area contributed by atoms with Gasteiger partial charge in [0, 0.05) is 36.7 Å².